The van der Waals surface area contributed by atoms with Gasteiger partial charge in [0.1, 0.15) is 17.3 Å². The predicted octanol–water partition coefficient (Wildman–Crippen LogP) is 5.04. The third kappa shape index (κ3) is 3.44. The van der Waals surface area contributed by atoms with Crippen molar-refractivity contribution in [3.8, 4) is 11.1 Å². The topological polar surface area (TPSA) is 44.9 Å². The van der Waals surface area contributed by atoms with E-state index in [0.717, 1.165) is 5.56 Å². The van der Waals surface area contributed by atoms with E-state index in [-0.39, 0.29) is 24.1 Å². The smallest absolute Gasteiger partial charge is 0.268 e. The number of aromatic amines is 1. The molecule has 0 aliphatic carbocycles. The zero-order valence-electron chi connectivity index (χ0n) is 14.3. The molecule has 0 aliphatic heterocycles. The van der Waals surface area contributed by atoms with Gasteiger partial charge < -0.3 is 10.3 Å². The minimum Gasteiger partial charge on any atom is -0.350 e. The molecular weight excluding hydrogens is 346 g/mol. The van der Waals surface area contributed by atoms with Crippen LogP contribution in [0.15, 0.2) is 72.8 Å². The molecule has 2 N–H and O–H groups in total. The minimum absolute atomic E-state index is 0.189. The molecule has 0 aliphatic rings. The molecule has 4 rings (SSSR count). The van der Waals surface area contributed by atoms with E-state index in [1.54, 1.807) is 18.2 Å². The van der Waals surface area contributed by atoms with Crippen molar-refractivity contribution in [2.24, 2.45) is 0 Å². The molecule has 0 fully saturated rings. The van der Waals surface area contributed by atoms with E-state index in [4.69, 9.17) is 0 Å². The van der Waals surface area contributed by atoms with Crippen LogP contribution in [0.5, 0.6) is 0 Å². The molecule has 0 unspecified atom stereocenters. The fourth-order valence-corrected chi connectivity index (χ4v) is 3.16. The van der Waals surface area contributed by atoms with Gasteiger partial charge in [-0.05, 0) is 41.5 Å². The first kappa shape index (κ1) is 17.0. The number of H-pyrrole nitrogens is 1. The first-order valence-corrected chi connectivity index (χ1v) is 8.51. The zero-order valence-corrected chi connectivity index (χ0v) is 14.3. The monoisotopic (exact) mass is 362 g/mol. The van der Waals surface area contributed by atoms with E-state index in [0.29, 0.717) is 27.7 Å². The molecule has 0 atom stereocenters. The maximum Gasteiger partial charge on any atom is 0.268 e. The highest BCUT2D eigenvalue weighted by Gasteiger charge is 2.19. The summed E-state index contributed by atoms with van der Waals surface area (Å²) in [4.78, 5) is 15.9. The second-order valence-corrected chi connectivity index (χ2v) is 6.24. The van der Waals surface area contributed by atoms with Crippen LogP contribution in [0.4, 0.5) is 8.78 Å². The van der Waals surface area contributed by atoms with E-state index in [9.17, 15) is 13.6 Å². The summed E-state index contributed by atoms with van der Waals surface area (Å²) >= 11 is 0. The van der Waals surface area contributed by atoms with Crippen LogP contribution in [0.1, 0.15) is 16.1 Å². The molecule has 5 heteroatoms. The van der Waals surface area contributed by atoms with Crippen molar-refractivity contribution in [2.75, 3.05) is 0 Å². The van der Waals surface area contributed by atoms with E-state index in [1.165, 1.54) is 24.3 Å². The summed E-state index contributed by atoms with van der Waals surface area (Å²) < 4.78 is 27.1. The van der Waals surface area contributed by atoms with Gasteiger partial charge in [0, 0.05) is 23.0 Å². The van der Waals surface area contributed by atoms with Gasteiger partial charge in [-0.25, -0.2) is 8.78 Å². The molecule has 1 amide bonds. The van der Waals surface area contributed by atoms with E-state index in [2.05, 4.69) is 10.3 Å². The average molecular weight is 362 g/mol. The quantitative estimate of drug-likeness (QED) is 0.525. The molecule has 0 saturated carbocycles. The molecule has 0 saturated heterocycles. The van der Waals surface area contributed by atoms with Crippen LogP contribution < -0.4 is 5.32 Å². The fourth-order valence-electron chi connectivity index (χ4n) is 3.16. The SMILES string of the molecule is O=C(NCc1cccc(F)c1)c1[nH]c2ccc(F)cc2c1-c1ccccc1. The number of amides is 1. The van der Waals surface area contributed by atoms with Crippen LogP contribution in [-0.2, 0) is 6.54 Å². The Morgan fingerprint density at radius 1 is 0.889 bits per heavy atom. The summed E-state index contributed by atoms with van der Waals surface area (Å²) in [6, 6.07) is 19.8. The minimum atomic E-state index is -0.370. The van der Waals surface area contributed by atoms with Crippen LogP contribution in [-0.4, -0.2) is 10.9 Å². The molecule has 1 aromatic heterocycles. The van der Waals surface area contributed by atoms with Crippen molar-refractivity contribution in [3.63, 3.8) is 0 Å². The molecule has 27 heavy (non-hydrogen) atoms. The number of nitrogens with one attached hydrogen (secondary N) is 2. The van der Waals surface area contributed by atoms with E-state index >= 15 is 0 Å². The summed E-state index contributed by atoms with van der Waals surface area (Å²) in [7, 11) is 0. The number of hydrogen-bond acceptors (Lipinski definition) is 1. The van der Waals surface area contributed by atoms with E-state index < -0.39 is 0 Å². The van der Waals surface area contributed by atoms with Crippen molar-refractivity contribution < 1.29 is 13.6 Å². The lowest BCUT2D eigenvalue weighted by molar-refractivity contribution is 0.0947. The number of carbonyl (C=O) groups is 1. The highest BCUT2D eigenvalue weighted by atomic mass is 19.1. The molecule has 0 radical (unpaired) electrons. The second kappa shape index (κ2) is 7.03. The Hall–Kier alpha value is -3.47. The maximum atomic E-state index is 13.8. The number of rotatable bonds is 4. The van der Waals surface area contributed by atoms with Gasteiger partial charge in [-0.3, -0.25) is 4.79 Å². The molecule has 134 valence electrons. The van der Waals surface area contributed by atoms with Gasteiger partial charge in [-0.2, -0.15) is 0 Å². The molecule has 3 nitrogen and oxygen atoms in total. The number of hydrogen-bond donors (Lipinski definition) is 2. The van der Waals surface area contributed by atoms with Crippen LogP contribution >= 0.6 is 0 Å². The lowest BCUT2D eigenvalue weighted by Crippen LogP contribution is -2.23. The Labute approximate surface area is 154 Å². The Balaban J connectivity index is 1.73. The summed E-state index contributed by atoms with van der Waals surface area (Å²) in [6.07, 6.45) is 0. The van der Waals surface area contributed by atoms with Crippen molar-refractivity contribution in [3.05, 3.63) is 95.7 Å². The first-order chi connectivity index (χ1) is 13.1. The Kier molecular flexibility index (Phi) is 4.42. The number of fused-ring (bicyclic) bond motifs is 1. The summed E-state index contributed by atoms with van der Waals surface area (Å²) in [5.74, 6) is -1.06. The van der Waals surface area contributed by atoms with Crippen LogP contribution in [0.25, 0.3) is 22.0 Å². The molecule has 1 heterocycles. The third-order valence-corrected chi connectivity index (χ3v) is 4.39. The van der Waals surface area contributed by atoms with Crippen molar-refractivity contribution in [1.82, 2.24) is 10.3 Å². The van der Waals surface area contributed by atoms with Gasteiger partial charge in [0.05, 0.1) is 0 Å². The van der Waals surface area contributed by atoms with Gasteiger partial charge in [0.15, 0.2) is 0 Å². The van der Waals surface area contributed by atoms with Gasteiger partial charge in [-0.1, -0.05) is 42.5 Å². The fraction of sp³-hybridized carbons (Fsp3) is 0.0455. The van der Waals surface area contributed by atoms with E-state index in [1.807, 2.05) is 30.3 Å². The molecule has 4 aromatic rings. The summed E-state index contributed by atoms with van der Waals surface area (Å²) in [6.45, 7) is 0.189. The van der Waals surface area contributed by atoms with Gasteiger partial charge >= 0.3 is 0 Å². The number of aromatic nitrogens is 1. The zero-order chi connectivity index (χ0) is 18.8. The van der Waals surface area contributed by atoms with Crippen molar-refractivity contribution in [1.29, 1.82) is 0 Å². The molecular formula is C22H16F2N2O. The van der Waals surface area contributed by atoms with Crippen LogP contribution in [0.3, 0.4) is 0 Å². The predicted molar refractivity (Wildman–Crippen MR) is 101 cm³/mol. The van der Waals surface area contributed by atoms with Gasteiger partial charge in [0.2, 0.25) is 0 Å². The highest BCUT2D eigenvalue weighted by Crippen LogP contribution is 2.33. The number of benzene rings is 3. The normalized spacial score (nSPS) is 10.9. The molecule has 3 aromatic carbocycles. The first-order valence-electron chi connectivity index (χ1n) is 8.51. The maximum absolute atomic E-state index is 13.8. The summed E-state index contributed by atoms with van der Waals surface area (Å²) in [5, 5.41) is 3.43. The summed E-state index contributed by atoms with van der Waals surface area (Å²) in [5.41, 5.74) is 3.13. The highest BCUT2D eigenvalue weighted by molar-refractivity contribution is 6.09. The second-order valence-electron chi connectivity index (χ2n) is 6.24. The number of halogens is 2. The third-order valence-electron chi connectivity index (χ3n) is 4.39. The standard InChI is InChI=1S/C22H16F2N2O/c23-16-8-4-5-14(11-16)13-25-22(27)21-20(15-6-2-1-3-7-15)18-12-17(24)9-10-19(18)26-21/h1-12,26H,13H2,(H,25,27). The average Bonchev–Trinajstić information content (AvgIpc) is 3.05. The van der Waals surface area contributed by atoms with Gasteiger partial charge in [0.25, 0.3) is 5.91 Å². The Bertz CT molecular complexity index is 1120. The largest absolute Gasteiger partial charge is 0.350 e. The van der Waals surface area contributed by atoms with Crippen LogP contribution in [0, 0.1) is 11.6 Å². The molecule has 0 spiro atoms. The lowest BCUT2D eigenvalue weighted by atomic mass is 10.0. The molecule has 0 bridgehead atoms. The van der Waals surface area contributed by atoms with Crippen molar-refractivity contribution in [2.45, 2.75) is 6.54 Å². The number of carbonyl (C=O) groups excluding carboxylic acids is 1. The Morgan fingerprint density at radius 2 is 1.67 bits per heavy atom. The van der Waals surface area contributed by atoms with Gasteiger partial charge in [-0.15, -0.1) is 0 Å². The van der Waals surface area contributed by atoms with Crippen molar-refractivity contribution >= 4 is 16.8 Å². The lowest BCUT2D eigenvalue weighted by Gasteiger charge is -2.07. The van der Waals surface area contributed by atoms with Crippen LogP contribution in [0.2, 0.25) is 0 Å². The Morgan fingerprint density at radius 3 is 2.44 bits per heavy atom.